The number of amides is 2. The first-order valence-electron chi connectivity index (χ1n) is 13.0. The van der Waals surface area contributed by atoms with Crippen LogP contribution in [0.25, 0.3) is 0 Å². The van der Waals surface area contributed by atoms with Crippen LogP contribution in [0, 0.1) is 23.7 Å². The number of anilines is 1. The van der Waals surface area contributed by atoms with Gasteiger partial charge in [-0.15, -0.1) is 0 Å². The van der Waals surface area contributed by atoms with Crippen molar-refractivity contribution in [1.29, 1.82) is 0 Å². The van der Waals surface area contributed by atoms with Gasteiger partial charge in [-0.1, -0.05) is 42.3 Å². The van der Waals surface area contributed by atoms with Gasteiger partial charge >= 0.3 is 0 Å². The third-order valence-electron chi connectivity index (χ3n) is 8.57. The van der Waals surface area contributed by atoms with Crippen LogP contribution < -0.4 is 11.1 Å². The number of nitrogens with one attached hydrogen (secondary N) is 1. The quantitative estimate of drug-likeness (QED) is 0.162. The minimum atomic E-state index is -3.07. The van der Waals surface area contributed by atoms with Crippen LogP contribution in [-0.2, 0) is 24.0 Å². The molecule has 0 aromatic heterocycles. The number of Topliss-reactive ketones (excluding diaryl/α,β-unsaturated/α-hetero) is 4. The maximum absolute atomic E-state index is 14.0. The molecule has 40 heavy (non-hydrogen) atoms. The molecule has 0 saturated heterocycles. The van der Waals surface area contributed by atoms with Crippen molar-refractivity contribution >= 4 is 56.6 Å². The zero-order valence-electron chi connectivity index (χ0n) is 22.4. The molecule has 2 amide bonds. The van der Waals surface area contributed by atoms with E-state index >= 15 is 0 Å². The molecule has 2 saturated carbocycles. The number of fused-ring (bicyclic) bond motifs is 3. The summed E-state index contributed by atoms with van der Waals surface area (Å²) in [6.45, 7) is 3.50. The van der Waals surface area contributed by atoms with Crippen molar-refractivity contribution in [3.05, 3.63) is 23.3 Å². The number of hydrogen-bond donors (Lipinski definition) is 5. The highest BCUT2D eigenvalue weighted by Gasteiger charge is 2.72. The molecule has 2 fully saturated rings. The largest absolute Gasteiger partial charge is 0.505 e. The molecule has 0 bridgehead atoms. The van der Waals surface area contributed by atoms with Crippen LogP contribution in [0.2, 0.25) is 0 Å². The van der Waals surface area contributed by atoms with E-state index in [-0.39, 0.29) is 16.8 Å². The summed E-state index contributed by atoms with van der Waals surface area (Å²) in [7, 11) is 2.85. The summed E-state index contributed by atoms with van der Waals surface area (Å²) in [5, 5.41) is 36.9. The second-order valence-corrected chi connectivity index (χ2v) is 12.1. The minimum absolute atomic E-state index is 0.0792. The molecule has 0 radical (unpaired) electrons. The highest BCUT2D eigenvalue weighted by Crippen LogP contribution is 2.55. The number of nitrogens with two attached hydrogens (primary N) is 1. The number of benzene rings is 1. The van der Waals surface area contributed by atoms with Gasteiger partial charge in [0, 0.05) is 5.92 Å². The van der Waals surface area contributed by atoms with E-state index in [9.17, 15) is 44.1 Å². The van der Waals surface area contributed by atoms with Gasteiger partial charge < -0.3 is 26.4 Å². The van der Waals surface area contributed by atoms with E-state index in [1.54, 1.807) is 6.92 Å². The fraction of sp³-hybridized carbons (Fsp3) is 0.556. The van der Waals surface area contributed by atoms with Gasteiger partial charge in [-0.05, 0) is 38.1 Å². The van der Waals surface area contributed by atoms with Crippen molar-refractivity contribution < 1.29 is 44.1 Å². The van der Waals surface area contributed by atoms with Crippen molar-refractivity contribution in [2.75, 3.05) is 19.4 Å². The molecule has 4 rings (SSSR count). The van der Waals surface area contributed by atoms with Crippen molar-refractivity contribution in [3.8, 4) is 5.75 Å². The molecule has 1 aromatic rings. The van der Waals surface area contributed by atoms with Crippen molar-refractivity contribution in [2.24, 2.45) is 29.4 Å². The summed E-state index contributed by atoms with van der Waals surface area (Å²) in [5.74, 6) is -14.6. The van der Waals surface area contributed by atoms with Crippen LogP contribution in [0.15, 0.2) is 12.1 Å². The predicted octanol–water partition coefficient (Wildman–Crippen LogP) is -0.0991. The molecule has 3 aliphatic carbocycles. The lowest BCUT2D eigenvalue weighted by molar-refractivity contribution is -0.196. The SMILES string of the molecule is CCCC(Br)C(=O)Nc1ccc2c(c1O)C(=O)C1C(=O)[C@]3(O)C(=O)C(C(N)=O)C(=O)[C@@H](N(C)C)C3C(O)C1C2C. The van der Waals surface area contributed by atoms with E-state index in [0.29, 0.717) is 12.8 Å². The molecule has 216 valence electrons. The molecule has 0 aliphatic heterocycles. The number of alkyl halides is 1. The highest BCUT2D eigenvalue weighted by molar-refractivity contribution is 9.10. The molecule has 1 aromatic carbocycles. The van der Waals surface area contributed by atoms with Crippen LogP contribution in [0.3, 0.4) is 0 Å². The van der Waals surface area contributed by atoms with Gasteiger partial charge in [-0.25, -0.2) is 0 Å². The molecule has 0 heterocycles. The number of rotatable bonds is 6. The first-order valence-corrected chi connectivity index (χ1v) is 13.9. The lowest BCUT2D eigenvalue weighted by Gasteiger charge is -2.56. The summed E-state index contributed by atoms with van der Waals surface area (Å²) in [4.78, 5) is 79.8. The number of aliphatic hydroxyl groups excluding tert-OH is 1. The third kappa shape index (κ3) is 4.13. The number of phenolic OH excluding ortho intramolecular Hbond substituents is 1. The molecule has 6 N–H and O–H groups in total. The Bertz CT molecular complexity index is 1330. The number of likely N-dealkylation sites (N-methyl/N-ethyl adjacent to an activating group) is 1. The fourth-order valence-corrected chi connectivity index (χ4v) is 7.26. The smallest absolute Gasteiger partial charge is 0.238 e. The maximum atomic E-state index is 14.0. The molecular weight excluding hydrogens is 590 g/mol. The average molecular weight is 622 g/mol. The van der Waals surface area contributed by atoms with Gasteiger partial charge in [-0.2, -0.15) is 0 Å². The van der Waals surface area contributed by atoms with Gasteiger partial charge in [0.15, 0.2) is 34.7 Å². The Morgan fingerprint density at radius 1 is 1.18 bits per heavy atom. The molecule has 0 spiro atoms. The first kappa shape index (κ1) is 30.0. The second kappa shape index (κ2) is 10.4. The number of phenols is 1. The number of carbonyl (C=O) groups excluding carboxylic acids is 6. The molecular formula is C27H32BrN3O9. The zero-order valence-corrected chi connectivity index (χ0v) is 24.0. The first-order chi connectivity index (χ1) is 18.6. The van der Waals surface area contributed by atoms with E-state index in [0.717, 1.165) is 0 Å². The standard InChI is InChI=1S/C27H32BrN3O9/c1-5-6-11(28)26(39)30-12-8-7-10-9(2)13-15(20(33)14(10)19(12)32)23(36)27(40)17(21(13)34)18(31(3)4)22(35)16(24(27)37)25(29)38/h7-9,11,13,15-18,21,32,34,40H,5-6H2,1-4H3,(H2,29,38)(H,30,39)/t9?,11?,13?,15?,16?,17?,18-,21?,27-/m0/s1. The number of ketones is 4. The molecule has 3 aliphatic rings. The van der Waals surface area contributed by atoms with Crippen molar-refractivity contribution in [3.63, 3.8) is 0 Å². The molecule has 7 unspecified atom stereocenters. The Morgan fingerprint density at radius 2 is 1.80 bits per heavy atom. The van der Waals surface area contributed by atoms with Gasteiger partial charge in [0.2, 0.25) is 11.8 Å². The Labute approximate surface area is 238 Å². The fourth-order valence-electron chi connectivity index (χ4n) is 6.69. The number of hydrogen-bond acceptors (Lipinski definition) is 10. The Kier molecular flexibility index (Phi) is 7.82. The Balaban J connectivity index is 1.85. The van der Waals surface area contributed by atoms with Gasteiger partial charge in [0.1, 0.15) is 5.75 Å². The third-order valence-corrected chi connectivity index (χ3v) is 9.45. The molecule has 9 atom stereocenters. The van der Waals surface area contributed by atoms with E-state index in [2.05, 4.69) is 21.2 Å². The van der Waals surface area contributed by atoms with Crippen LogP contribution in [0.1, 0.15) is 48.5 Å². The van der Waals surface area contributed by atoms with Crippen molar-refractivity contribution in [1.82, 2.24) is 4.90 Å². The van der Waals surface area contributed by atoms with Gasteiger partial charge in [0.05, 0.1) is 40.1 Å². The van der Waals surface area contributed by atoms with E-state index in [1.165, 1.54) is 31.1 Å². The number of primary amides is 1. The van der Waals surface area contributed by atoms with E-state index in [1.807, 2.05) is 6.92 Å². The number of nitrogens with zero attached hydrogens (tertiary/aromatic N) is 1. The lowest BCUT2D eigenvalue weighted by atomic mass is 9.49. The Morgan fingerprint density at radius 3 is 2.35 bits per heavy atom. The molecule has 13 heteroatoms. The van der Waals surface area contributed by atoms with Gasteiger partial charge in [0.25, 0.3) is 0 Å². The lowest BCUT2D eigenvalue weighted by Crippen LogP contribution is -2.77. The van der Waals surface area contributed by atoms with Gasteiger partial charge in [-0.3, -0.25) is 33.7 Å². The van der Waals surface area contributed by atoms with Crippen LogP contribution in [0.4, 0.5) is 5.69 Å². The summed E-state index contributed by atoms with van der Waals surface area (Å²) in [5.41, 5.74) is 2.16. The summed E-state index contributed by atoms with van der Waals surface area (Å²) in [6.07, 6.45) is -0.485. The molecule has 12 nitrogen and oxygen atoms in total. The highest BCUT2D eigenvalue weighted by atomic mass is 79.9. The summed E-state index contributed by atoms with van der Waals surface area (Å²) in [6, 6.07) is 1.46. The van der Waals surface area contributed by atoms with E-state index < -0.39 is 92.9 Å². The Hall–Kier alpha value is -3.00. The monoisotopic (exact) mass is 621 g/mol. The summed E-state index contributed by atoms with van der Waals surface area (Å²) < 4.78 is 0. The maximum Gasteiger partial charge on any atom is 0.238 e. The minimum Gasteiger partial charge on any atom is -0.505 e. The summed E-state index contributed by atoms with van der Waals surface area (Å²) >= 11 is 3.27. The van der Waals surface area contributed by atoms with Crippen LogP contribution >= 0.6 is 15.9 Å². The number of aliphatic hydroxyl groups is 2. The predicted molar refractivity (Wildman–Crippen MR) is 144 cm³/mol. The number of aromatic hydroxyl groups is 1. The second-order valence-electron chi connectivity index (χ2n) is 11.0. The van der Waals surface area contributed by atoms with E-state index in [4.69, 9.17) is 5.73 Å². The average Bonchev–Trinajstić information content (AvgIpc) is 2.87. The van der Waals surface area contributed by atoms with Crippen LogP contribution in [-0.4, -0.2) is 91.8 Å². The van der Waals surface area contributed by atoms with Crippen LogP contribution in [0.5, 0.6) is 5.75 Å². The topological polar surface area (TPSA) is 204 Å². The van der Waals surface area contributed by atoms with Crippen molar-refractivity contribution in [2.45, 2.75) is 55.2 Å². The zero-order chi connectivity index (χ0) is 30.0. The normalized spacial score (nSPS) is 34.1. The number of carbonyl (C=O) groups is 6. The number of halogens is 1.